The highest BCUT2D eigenvalue weighted by molar-refractivity contribution is 5.72. The van der Waals surface area contributed by atoms with E-state index in [9.17, 15) is 9.18 Å². The zero-order valence-corrected chi connectivity index (χ0v) is 9.31. The molecule has 0 aliphatic carbocycles. The van der Waals surface area contributed by atoms with E-state index in [0.29, 0.717) is 6.42 Å². The van der Waals surface area contributed by atoms with Crippen LogP contribution in [-0.4, -0.2) is 24.3 Å². The number of carboxylic acids is 1. The Kier molecular flexibility index (Phi) is 4.43. The number of methoxy groups -OCH3 is 1. The van der Waals surface area contributed by atoms with Gasteiger partial charge >= 0.3 is 5.97 Å². The van der Waals surface area contributed by atoms with Crippen LogP contribution in [0.3, 0.4) is 0 Å². The first-order valence-corrected chi connectivity index (χ1v) is 5.05. The summed E-state index contributed by atoms with van der Waals surface area (Å²) in [5.41, 5.74) is 0.907. The SMILES string of the molecule is COC(CC(C)c1ccc(F)cc1)C(=O)O. The number of benzene rings is 1. The van der Waals surface area contributed by atoms with Crippen LogP contribution in [0.4, 0.5) is 4.39 Å². The van der Waals surface area contributed by atoms with Crippen LogP contribution in [0, 0.1) is 5.82 Å². The molecule has 1 N–H and O–H groups in total. The summed E-state index contributed by atoms with van der Waals surface area (Å²) in [4.78, 5) is 10.8. The van der Waals surface area contributed by atoms with Gasteiger partial charge in [0.25, 0.3) is 0 Å². The summed E-state index contributed by atoms with van der Waals surface area (Å²) in [6.45, 7) is 1.89. The van der Waals surface area contributed by atoms with E-state index >= 15 is 0 Å². The number of carbonyl (C=O) groups is 1. The van der Waals surface area contributed by atoms with Crippen molar-refractivity contribution in [2.24, 2.45) is 0 Å². The van der Waals surface area contributed by atoms with Crippen molar-refractivity contribution in [3.05, 3.63) is 35.6 Å². The maximum atomic E-state index is 12.7. The first-order chi connectivity index (χ1) is 7.54. The van der Waals surface area contributed by atoms with E-state index in [1.807, 2.05) is 6.92 Å². The van der Waals surface area contributed by atoms with Gasteiger partial charge < -0.3 is 9.84 Å². The summed E-state index contributed by atoms with van der Waals surface area (Å²) in [5, 5.41) is 8.83. The molecule has 2 atom stereocenters. The van der Waals surface area contributed by atoms with Crippen molar-refractivity contribution in [1.29, 1.82) is 0 Å². The maximum absolute atomic E-state index is 12.7. The summed E-state index contributed by atoms with van der Waals surface area (Å²) in [5.74, 6) is -1.25. The summed E-state index contributed by atoms with van der Waals surface area (Å²) in [7, 11) is 1.37. The second-order valence-corrected chi connectivity index (χ2v) is 3.75. The van der Waals surface area contributed by atoms with Crippen molar-refractivity contribution in [2.45, 2.75) is 25.4 Å². The van der Waals surface area contributed by atoms with Gasteiger partial charge in [0.15, 0.2) is 6.10 Å². The van der Waals surface area contributed by atoms with E-state index in [1.54, 1.807) is 12.1 Å². The van der Waals surface area contributed by atoms with Crippen LogP contribution >= 0.6 is 0 Å². The van der Waals surface area contributed by atoms with Crippen LogP contribution in [-0.2, 0) is 9.53 Å². The Morgan fingerprint density at radius 1 is 1.44 bits per heavy atom. The van der Waals surface area contributed by atoms with Crippen LogP contribution in [0.2, 0.25) is 0 Å². The number of aliphatic carboxylic acids is 1. The standard InChI is InChI=1S/C12H15FO3/c1-8(7-11(16-2)12(14)15)9-3-5-10(13)6-4-9/h3-6,8,11H,7H2,1-2H3,(H,14,15). The molecule has 0 bridgehead atoms. The quantitative estimate of drug-likeness (QED) is 0.838. The monoisotopic (exact) mass is 226 g/mol. The lowest BCUT2D eigenvalue weighted by Gasteiger charge is -2.16. The highest BCUT2D eigenvalue weighted by atomic mass is 19.1. The zero-order valence-electron chi connectivity index (χ0n) is 9.31. The van der Waals surface area contributed by atoms with Gasteiger partial charge in [-0.2, -0.15) is 0 Å². The fourth-order valence-electron chi connectivity index (χ4n) is 1.55. The van der Waals surface area contributed by atoms with Crippen LogP contribution in [0.5, 0.6) is 0 Å². The van der Waals surface area contributed by atoms with E-state index < -0.39 is 12.1 Å². The summed E-state index contributed by atoms with van der Waals surface area (Å²) >= 11 is 0. The van der Waals surface area contributed by atoms with Crippen molar-refractivity contribution in [3.8, 4) is 0 Å². The maximum Gasteiger partial charge on any atom is 0.332 e. The summed E-state index contributed by atoms with van der Waals surface area (Å²) < 4.78 is 17.5. The minimum Gasteiger partial charge on any atom is -0.479 e. The minimum atomic E-state index is -0.975. The Morgan fingerprint density at radius 3 is 2.44 bits per heavy atom. The Morgan fingerprint density at radius 2 is 2.00 bits per heavy atom. The molecule has 1 rings (SSSR count). The van der Waals surface area contributed by atoms with Crippen molar-refractivity contribution in [1.82, 2.24) is 0 Å². The molecule has 0 aliphatic rings. The predicted octanol–water partition coefficient (Wildman–Crippen LogP) is 2.42. The van der Waals surface area contributed by atoms with E-state index in [0.717, 1.165) is 5.56 Å². The van der Waals surface area contributed by atoms with Gasteiger partial charge in [-0.1, -0.05) is 19.1 Å². The predicted molar refractivity (Wildman–Crippen MR) is 57.9 cm³/mol. The number of carboxylic acid groups (broad SMARTS) is 1. The number of hydrogen-bond donors (Lipinski definition) is 1. The lowest BCUT2D eigenvalue weighted by Crippen LogP contribution is -2.24. The molecule has 0 saturated heterocycles. The molecule has 3 nitrogen and oxygen atoms in total. The molecule has 0 aliphatic heterocycles. The fraction of sp³-hybridized carbons (Fsp3) is 0.417. The third-order valence-electron chi connectivity index (χ3n) is 2.57. The summed E-state index contributed by atoms with van der Waals surface area (Å²) in [6, 6.07) is 6.06. The third-order valence-corrected chi connectivity index (χ3v) is 2.57. The van der Waals surface area contributed by atoms with Gasteiger partial charge in [-0.15, -0.1) is 0 Å². The molecule has 1 aromatic rings. The second-order valence-electron chi connectivity index (χ2n) is 3.75. The molecular formula is C12H15FO3. The van der Waals surface area contributed by atoms with E-state index in [2.05, 4.69) is 0 Å². The molecule has 0 radical (unpaired) electrons. The van der Waals surface area contributed by atoms with E-state index in [4.69, 9.17) is 9.84 Å². The Hall–Kier alpha value is -1.42. The largest absolute Gasteiger partial charge is 0.479 e. The lowest BCUT2D eigenvalue weighted by atomic mass is 9.95. The molecule has 88 valence electrons. The zero-order chi connectivity index (χ0) is 12.1. The van der Waals surface area contributed by atoms with Gasteiger partial charge in [-0.05, 0) is 30.0 Å². The van der Waals surface area contributed by atoms with Crippen LogP contribution in [0.15, 0.2) is 24.3 Å². The topological polar surface area (TPSA) is 46.5 Å². The Balaban J connectivity index is 2.67. The summed E-state index contributed by atoms with van der Waals surface area (Å²) in [6.07, 6.45) is -0.447. The van der Waals surface area contributed by atoms with Gasteiger partial charge in [-0.25, -0.2) is 9.18 Å². The molecule has 2 unspecified atom stereocenters. The Bertz CT molecular complexity index is 348. The number of rotatable bonds is 5. The molecule has 0 amide bonds. The average Bonchev–Trinajstić information content (AvgIpc) is 2.26. The molecule has 0 aromatic heterocycles. The van der Waals surface area contributed by atoms with Gasteiger partial charge in [0.1, 0.15) is 5.82 Å². The van der Waals surface area contributed by atoms with Crippen LogP contribution in [0.25, 0.3) is 0 Å². The first kappa shape index (κ1) is 12.6. The number of hydrogen-bond acceptors (Lipinski definition) is 2. The van der Waals surface area contributed by atoms with Gasteiger partial charge in [0.05, 0.1) is 0 Å². The van der Waals surface area contributed by atoms with E-state index in [-0.39, 0.29) is 11.7 Å². The smallest absolute Gasteiger partial charge is 0.332 e. The molecule has 0 spiro atoms. The van der Waals surface area contributed by atoms with E-state index in [1.165, 1.54) is 19.2 Å². The average molecular weight is 226 g/mol. The number of ether oxygens (including phenoxy) is 1. The van der Waals surface area contributed by atoms with Crippen molar-refractivity contribution < 1.29 is 19.0 Å². The second kappa shape index (κ2) is 5.61. The molecule has 0 fully saturated rings. The fourth-order valence-corrected chi connectivity index (χ4v) is 1.55. The highest BCUT2D eigenvalue weighted by Gasteiger charge is 2.20. The molecule has 4 heteroatoms. The number of halogens is 1. The molecule has 0 saturated carbocycles. The van der Waals surface area contributed by atoms with Gasteiger partial charge in [-0.3, -0.25) is 0 Å². The van der Waals surface area contributed by atoms with Crippen LogP contribution < -0.4 is 0 Å². The van der Waals surface area contributed by atoms with Crippen molar-refractivity contribution >= 4 is 5.97 Å². The molecule has 16 heavy (non-hydrogen) atoms. The molecule has 1 aromatic carbocycles. The lowest BCUT2D eigenvalue weighted by molar-refractivity contribution is -0.149. The van der Waals surface area contributed by atoms with Crippen molar-refractivity contribution in [2.75, 3.05) is 7.11 Å². The first-order valence-electron chi connectivity index (χ1n) is 5.05. The minimum absolute atomic E-state index is 0.0154. The van der Waals surface area contributed by atoms with Gasteiger partial charge in [0, 0.05) is 7.11 Å². The van der Waals surface area contributed by atoms with Crippen LogP contribution in [0.1, 0.15) is 24.8 Å². The van der Waals surface area contributed by atoms with Crippen molar-refractivity contribution in [3.63, 3.8) is 0 Å². The highest BCUT2D eigenvalue weighted by Crippen LogP contribution is 2.21. The molecule has 0 heterocycles. The normalized spacial score (nSPS) is 14.4. The van der Waals surface area contributed by atoms with Gasteiger partial charge in [0.2, 0.25) is 0 Å². The third kappa shape index (κ3) is 3.31. The Labute approximate surface area is 93.9 Å². The molecular weight excluding hydrogens is 211 g/mol.